The van der Waals surface area contributed by atoms with Crippen LogP contribution in [-0.2, 0) is 16.1 Å². The van der Waals surface area contributed by atoms with Gasteiger partial charge in [-0.1, -0.05) is 30.3 Å². The van der Waals surface area contributed by atoms with E-state index in [0.29, 0.717) is 19.5 Å². The molecule has 0 aliphatic carbocycles. The third kappa shape index (κ3) is 3.62. The zero-order valence-corrected chi connectivity index (χ0v) is 13.0. The summed E-state index contributed by atoms with van der Waals surface area (Å²) >= 11 is 0. The van der Waals surface area contributed by atoms with Crippen molar-refractivity contribution in [2.24, 2.45) is 5.92 Å². The predicted octanol–water partition coefficient (Wildman–Crippen LogP) is 2.79. The molecule has 1 aromatic heterocycles. The second kappa shape index (κ2) is 6.69. The van der Waals surface area contributed by atoms with Crippen molar-refractivity contribution in [1.29, 1.82) is 0 Å². The monoisotopic (exact) mass is 313 g/mol. The molecule has 3 rings (SSSR count). The number of hydrogen-bond acceptors (Lipinski definition) is 4. The Labute approximate surface area is 134 Å². The van der Waals surface area contributed by atoms with Gasteiger partial charge in [0.25, 0.3) is 0 Å². The fourth-order valence-electron chi connectivity index (χ4n) is 2.76. The SMILES string of the molecule is Cc1ccoc1C(=O)OC[C@H]1CC(=O)N(Cc2ccccc2)C1. The minimum Gasteiger partial charge on any atom is -0.459 e. The average molecular weight is 313 g/mol. The fourth-order valence-corrected chi connectivity index (χ4v) is 2.76. The van der Waals surface area contributed by atoms with E-state index in [1.165, 1.54) is 6.26 Å². The molecule has 1 aliphatic rings. The van der Waals surface area contributed by atoms with E-state index in [4.69, 9.17) is 9.15 Å². The first-order chi connectivity index (χ1) is 11.1. The molecule has 0 radical (unpaired) electrons. The molecule has 0 saturated carbocycles. The van der Waals surface area contributed by atoms with Crippen LogP contribution in [0.2, 0.25) is 0 Å². The summed E-state index contributed by atoms with van der Waals surface area (Å²) in [5, 5.41) is 0. The van der Waals surface area contributed by atoms with E-state index in [-0.39, 0.29) is 24.2 Å². The quantitative estimate of drug-likeness (QED) is 0.796. The molecular weight excluding hydrogens is 294 g/mol. The van der Waals surface area contributed by atoms with Crippen molar-refractivity contribution in [1.82, 2.24) is 4.90 Å². The van der Waals surface area contributed by atoms with Crippen LogP contribution in [0.15, 0.2) is 47.1 Å². The molecule has 0 spiro atoms. The highest BCUT2D eigenvalue weighted by Crippen LogP contribution is 2.21. The van der Waals surface area contributed by atoms with Crippen molar-refractivity contribution >= 4 is 11.9 Å². The molecule has 2 aromatic rings. The van der Waals surface area contributed by atoms with Crippen LogP contribution in [-0.4, -0.2) is 29.9 Å². The third-order valence-corrected chi connectivity index (χ3v) is 4.01. The van der Waals surface area contributed by atoms with Crippen LogP contribution in [0, 0.1) is 12.8 Å². The number of aryl methyl sites for hydroxylation is 1. The summed E-state index contributed by atoms with van der Waals surface area (Å²) in [4.78, 5) is 25.8. The van der Waals surface area contributed by atoms with E-state index < -0.39 is 5.97 Å². The highest BCUT2D eigenvalue weighted by molar-refractivity contribution is 5.87. The molecule has 2 heterocycles. The largest absolute Gasteiger partial charge is 0.459 e. The van der Waals surface area contributed by atoms with Crippen LogP contribution in [0.5, 0.6) is 0 Å². The zero-order chi connectivity index (χ0) is 16.2. The lowest BCUT2D eigenvalue weighted by molar-refractivity contribution is -0.128. The van der Waals surface area contributed by atoms with Crippen molar-refractivity contribution < 1.29 is 18.7 Å². The Morgan fingerprint density at radius 2 is 2.09 bits per heavy atom. The molecule has 1 aliphatic heterocycles. The van der Waals surface area contributed by atoms with E-state index >= 15 is 0 Å². The Morgan fingerprint density at radius 1 is 1.30 bits per heavy atom. The van der Waals surface area contributed by atoms with Gasteiger partial charge in [-0.05, 0) is 18.6 Å². The summed E-state index contributed by atoms with van der Waals surface area (Å²) in [6.45, 7) is 3.23. The molecule has 1 saturated heterocycles. The summed E-state index contributed by atoms with van der Waals surface area (Å²) in [5.74, 6) is -0.105. The number of hydrogen-bond donors (Lipinski definition) is 0. The van der Waals surface area contributed by atoms with Crippen molar-refractivity contribution in [3.8, 4) is 0 Å². The molecule has 23 heavy (non-hydrogen) atoms. The third-order valence-electron chi connectivity index (χ3n) is 4.01. The number of carbonyl (C=O) groups is 2. The summed E-state index contributed by atoms with van der Waals surface area (Å²) in [5.41, 5.74) is 1.85. The maximum Gasteiger partial charge on any atom is 0.374 e. The second-order valence-corrected chi connectivity index (χ2v) is 5.86. The highest BCUT2D eigenvalue weighted by atomic mass is 16.5. The van der Waals surface area contributed by atoms with Gasteiger partial charge in [0, 0.05) is 31.0 Å². The van der Waals surface area contributed by atoms with Crippen LogP contribution in [0.4, 0.5) is 0 Å². The van der Waals surface area contributed by atoms with Gasteiger partial charge in [0.05, 0.1) is 12.9 Å². The van der Waals surface area contributed by atoms with Crippen LogP contribution >= 0.6 is 0 Å². The lowest BCUT2D eigenvalue weighted by atomic mass is 10.1. The Balaban J connectivity index is 1.52. The summed E-state index contributed by atoms with van der Waals surface area (Å²) in [7, 11) is 0. The minimum atomic E-state index is -0.471. The molecule has 0 unspecified atom stereocenters. The standard InChI is InChI=1S/C18H19NO4/c1-13-7-8-22-17(13)18(21)23-12-15-9-16(20)19(11-15)10-14-5-3-2-4-6-14/h2-8,15H,9-12H2,1H3/t15-/m0/s1. The van der Waals surface area contributed by atoms with Gasteiger partial charge in [-0.3, -0.25) is 4.79 Å². The number of esters is 1. The Bertz CT molecular complexity index is 692. The maximum absolute atomic E-state index is 12.1. The topological polar surface area (TPSA) is 59.8 Å². The van der Waals surface area contributed by atoms with E-state index in [0.717, 1.165) is 11.1 Å². The number of nitrogens with zero attached hydrogens (tertiary/aromatic N) is 1. The molecule has 5 nitrogen and oxygen atoms in total. The lowest BCUT2D eigenvalue weighted by Crippen LogP contribution is -2.25. The van der Waals surface area contributed by atoms with E-state index in [1.54, 1.807) is 13.0 Å². The first-order valence-corrected chi connectivity index (χ1v) is 7.66. The van der Waals surface area contributed by atoms with Gasteiger partial charge < -0.3 is 14.1 Å². The zero-order valence-electron chi connectivity index (χ0n) is 13.0. The number of benzene rings is 1. The molecule has 1 amide bonds. The lowest BCUT2D eigenvalue weighted by Gasteiger charge is -2.16. The van der Waals surface area contributed by atoms with Gasteiger partial charge in [0.2, 0.25) is 11.7 Å². The number of likely N-dealkylation sites (tertiary alicyclic amines) is 1. The molecule has 1 aromatic carbocycles. The predicted molar refractivity (Wildman–Crippen MR) is 83.7 cm³/mol. The Hall–Kier alpha value is -2.56. The molecule has 1 atom stereocenters. The minimum absolute atomic E-state index is 0.0328. The summed E-state index contributed by atoms with van der Waals surface area (Å²) < 4.78 is 10.4. The first kappa shape index (κ1) is 15.3. The molecule has 0 N–H and O–H groups in total. The van der Waals surface area contributed by atoms with Gasteiger partial charge >= 0.3 is 5.97 Å². The smallest absolute Gasteiger partial charge is 0.374 e. The van der Waals surface area contributed by atoms with Crippen molar-refractivity contribution in [3.05, 3.63) is 59.5 Å². The average Bonchev–Trinajstić information content (AvgIpc) is 3.12. The number of amides is 1. The van der Waals surface area contributed by atoms with Gasteiger partial charge in [-0.2, -0.15) is 0 Å². The van der Waals surface area contributed by atoms with Gasteiger partial charge in [-0.15, -0.1) is 0 Å². The molecule has 120 valence electrons. The Kier molecular flexibility index (Phi) is 4.46. The number of furan rings is 1. The number of ether oxygens (including phenoxy) is 1. The summed E-state index contributed by atoms with van der Waals surface area (Å²) in [6, 6.07) is 11.6. The van der Waals surface area contributed by atoms with Gasteiger partial charge in [-0.25, -0.2) is 4.79 Å². The van der Waals surface area contributed by atoms with Gasteiger partial charge in [0.15, 0.2) is 0 Å². The van der Waals surface area contributed by atoms with Crippen LogP contribution in [0.3, 0.4) is 0 Å². The van der Waals surface area contributed by atoms with Crippen molar-refractivity contribution in [2.75, 3.05) is 13.2 Å². The number of carbonyl (C=O) groups excluding carboxylic acids is 2. The van der Waals surface area contributed by atoms with E-state index in [1.807, 2.05) is 35.2 Å². The molecule has 0 bridgehead atoms. The second-order valence-electron chi connectivity index (χ2n) is 5.86. The first-order valence-electron chi connectivity index (χ1n) is 7.66. The van der Waals surface area contributed by atoms with Crippen LogP contribution < -0.4 is 0 Å². The van der Waals surface area contributed by atoms with Crippen LogP contribution in [0.25, 0.3) is 0 Å². The Morgan fingerprint density at radius 3 is 2.78 bits per heavy atom. The fraction of sp³-hybridized carbons (Fsp3) is 0.333. The van der Waals surface area contributed by atoms with Crippen LogP contribution in [0.1, 0.15) is 28.1 Å². The normalized spacial score (nSPS) is 17.5. The molecular formula is C18H19NO4. The molecule has 1 fully saturated rings. The van der Waals surface area contributed by atoms with E-state index in [9.17, 15) is 9.59 Å². The van der Waals surface area contributed by atoms with Crippen molar-refractivity contribution in [3.63, 3.8) is 0 Å². The van der Waals surface area contributed by atoms with E-state index in [2.05, 4.69) is 0 Å². The molecule has 5 heteroatoms. The van der Waals surface area contributed by atoms with Crippen molar-refractivity contribution in [2.45, 2.75) is 19.9 Å². The highest BCUT2D eigenvalue weighted by Gasteiger charge is 2.30. The maximum atomic E-state index is 12.1. The number of rotatable bonds is 5. The van der Waals surface area contributed by atoms with Gasteiger partial charge in [0.1, 0.15) is 0 Å². The summed E-state index contributed by atoms with van der Waals surface area (Å²) in [6.07, 6.45) is 1.88.